The summed E-state index contributed by atoms with van der Waals surface area (Å²) in [7, 11) is -3.16. The Hall–Kier alpha value is -0.430. The second-order valence-electron chi connectivity index (χ2n) is 2.65. The van der Waals surface area contributed by atoms with Crippen LogP contribution in [0.5, 0.6) is 0 Å². The molecule has 0 fully saturated rings. The molecule has 0 saturated heterocycles. The number of alkyl halides is 1. The van der Waals surface area contributed by atoms with Gasteiger partial charge in [0.2, 0.25) is 5.89 Å². The van der Waals surface area contributed by atoms with Crippen LogP contribution < -0.4 is 0 Å². The molecule has 0 saturated carbocycles. The Labute approximate surface area is 84.6 Å². The lowest BCUT2D eigenvalue weighted by Crippen LogP contribution is -2.07. The van der Waals surface area contributed by atoms with Gasteiger partial charge >= 0.3 is 0 Å². The van der Waals surface area contributed by atoms with Crippen molar-refractivity contribution >= 4 is 25.8 Å². The number of nitrogens with zero attached hydrogens (tertiary/aromatic N) is 2. The first-order valence-corrected chi connectivity index (χ1v) is 6.60. The molecule has 1 rings (SSSR count). The second kappa shape index (κ2) is 3.75. The van der Waals surface area contributed by atoms with Gasteiger partial charge in [-0.2, -0.15) is 4.98 Å². The predicted octanol–water partition coefficient (Wildman–Crippen LogP) is 1.07. The van der Waals surface area contributed by atoms with Crippen molar-refractivity contribution in [2.45, 2.75) is 17.5 Å². The van der Waals surface area contributed by atoms with Gasteiger partial charge in [-0.3, -0.25) is 0 Å². The average molecular weight is 269 g/mol. The molecule has 0 spiro atoms. The Balaban J connectivity index is 2.96. The second-order valence-corrected chi connectivity index (χ2v) is 5.58. The van der Waals surface area contributed by atoms with Crippen LogP contribution in [-0.4, -0.2) is 24.8 Å². The molecule has 1 unspecified atom stereocenters. The zero-order chi connectivity index (χ0) is 10.1. The van der Waals surface area contributed by atoms with Crippen LogP contribution in [0.3, 0.4) is 0 Å². The number of rotatable bonds is 3. The van der Waals surface area contributed by atoms with Crippen LogP contribution in [-0.2, 0) is 15.2 Å². The normalized spacial score (nSPS) is 14.4. The summed E-state index contributed by atoms with van der Waals surface area (Å²) in [5.74, 6) is 0.586. The summed E-state index contributed by atoms with van der Waals surface area (Å²) in [4.78, 5) is 3.89. The smallest absolute Gasteiger partial charge is 0.244 e. The SMILES string of the molecule is CC(c1nc(CBr)no1)S(C)(=O)=O. The molecule has 13 heavy (non-hydrogen) atoms. The maximum atomic E-state index is 11.1. The third kappa shape index (κ3) is 2.50. The van der Waals surface area contributed by atoms with Gasteiger partial charge in [0, 0.05) is 6.26 Å². The topological polar surface area (TPSA) is 73.1 Å². The van der Waals surface area contributed by atoms with E-state index in [0.29, 0.717) is 11.2 Å². The van der Waals surface area contributed by atoms with Crippen molar-refractivity contribution in [1.82, 2.24) is 10.1 Å². The fraction of sp³-hybridized carbons (Fsp3) is 0.667. The minimum Gasteiger partial charge on any atom is -0.338 e. The summed E-state index contributed by atoms with van der Waals surface area (Å²) in [6.45, 7) is 1.51. The average Bonchev–Trinajstić information content (AvgIpc) is 2.48. The minimum absolute atomic E-state index is 0.136. The lowest BCUT2D eigenvalue weighted by Gasteiger charge is -2.01. The zero-order valence-corrected chi connectivity index (χ0v) is 9.59. The summed E-state index contributed by atoms with van der Waals surface area (Å²) in [5, 5.41) is 3.28. The highest BCUT2D eigenvalue weighted by Crippen LogP contribution is 2.18. The van der Waals surface area contributed by atoms with Crippen LogP contribution >= 0.6 is 15.9 Å². The minimum atomic E-state index is -3.16. The van der Waals surface area contributed by atoms with Crippen molar-refractivity contribution in [2.24, 2.45) is 0 Å². The first kappa shape index (κ1) is 10.6. The molecule has 0 aliphatic heterocycles. The van der Waals surface area contributed by atoms with E-state index in [1.165, 1.54) is 6.92 Å². The fourth-order valence-corrected chi connectivity index (χ4v) is 1.36. The van der Waals surface area contributed by atoms with E-state index in [4.69, 9.17) is 4.52 Å². The van der Waals surface area contributed by atoms with E-state index in [0.717, 1.165) is 6.26 Å². The molecule has 74 valence electrons. The zero-order valence-electron chi connectivity index (χ0n) is 7.19. The molecule has 1 aromatic heterocycles. The quantitative estimate of drug-likeness (QED) is 0.767. The van der Waals surface area contributed by atoms with Gasteiger partial charge in [0.25, 0.3) is 0 Å². The molecule has 0 amide bonds. The summed E-state index contributed by atoms with van der Waals surface area (Å²) in [6.07, 6.45) is 1.13. The van der Waals surface area contributed by atoms with Gasteiger partial charge in [-0.25, -0.2) is 8.42 Å². The van der Waals surface area contributed by atoms with Gasteiger partial charge in [-0.05, 0) is 6.92 Å². The molecule has 1 heterocycles. The molecule has 7 heteroatoms. The van der Waals surface area contributed by atoms with E-state index in [2.05, 4.69) is 26.1 Å². The van der Waals surface area contributed by atoms with Crippen molar-refractivity contribution in [2.75, 3.05) is 6.26 Å². The molecular weight excluding hydrogens is 260 g/mol. The van der Waals surface area contributed by atoms with E-state index < -0.39 is 15.1 Å². The lowest BCUT2D eigenvalue weighted by atomic mass is 10.5. The van der Waals surface area contributed by atoms with Crippen LogP contribution in [0, 0.1) is 0 Å². The highest BCUT2D eigenvalue weighted by Gasteiger charge is 2.23. The van der Waals surface area contributed by atoms with E-state index in [1.807, 2.05) is 0 Å². The maximum Gasteiger partial charge on any atom is 0.244 e. The molecule has 0 aliphatic carbocycles. The summed E-state index contributed by atoms with van der Waals surface area (Å²) in [5.41, 5.74) is 0. The fourth-order valence-electron chi connectivity index (χ4n) is 0.670. The summed E-state index contributed by atoms with van der Waals surface area (Å²) >= 11 is 3.14. The van der Waals surface area contributed by atoms with E-state index in [9.17, 15) is 8.42 Å². The molecule has 0 radical (unpaired) electrons. The van der Waals surface area contributed by atoms with E-state index in [-0.39, 0.29) is 5.89 Å². The third-order valence-corrected chi connectivity index (χ3v) is 3.58. The number of aromatic nitrogens is 2. The molecule has 0 aliphatic rings. The van der Waals surface area contributed by atoms with Crippen LogP contribution in [0.1, 0.15) is 23.9 Å². The van der Waals surface area contributed by atoms with Gasteiger partial charge in [0.1, 0.15) is 5.25 Å². The van der Waals surface area contributed by atoms with Gasteiger partial charge in [-0.15, -0.1) is 0 Å². The molecule has 1 atom stereocenters. The standard InChI is InChI=1S/C6H9BrN2O3S/c1-4(13(2,10)11)6-8-5(3-7)9-12-6/h4H,3H2,1-2H3. The Morgan fingerprint density at radius 2 is 2.23 bits per heavy atom. The number of hydrogen-bond donors (Lipinski definition) is 0. The van der Waals surface area contributed by atoms with E-state index in [1.54, 1.807) is 0 Å². The van der Waals surface area contributed by atoms with Crippen LogP contribution in [0.15, 0.2) is 4.52 Å². The van der Waals surface area contributed by atoms with Crippen molar-refractivity contribution in [3.05, 3.63) is 11.7 Å². The van der Waals surface area contributed by atoms with Crippen LogP contribution in [0.25, 0.3) is 0 Å². The first-order valence-electron chi connectivity index (χ1n) is 3.52. The molecule has 0 N–H and O–H groups in total. The van der Waals surface area contributed by atoms with Gasteiger partial charge < -0.3 is 4.52 Å². The number of hydrogen-bond acceptors (Lipinski definition) is 5. The molecule has 5 nitrogen and oxygen atoms in total. The third-order valence-electron chi connectivity index (χ3n) is 1.59. The lowest BCUT2D eigenvalue weighted by molar-refractivity contribution is 0.373. The Bertz CT molecular complexity index is 386. The number of sulfone groups is 1. The summed E-state index contributed by atoms with van der Waals surface area (Å²) < 4.78 is 27.0. The van der Waals surface area contributed by atoms with Crippen molar-refractivity contribution < 1.29 is 12.9 Å². The Morgan fingerprint density at radius 1 is 1.62 bits per heavy atom. The van der Waals surface area contributed by atoms with E-state index >= 15 is 0 Å². The molecule has 0 bridgehead atoms. The highest BCUT2D eigenvalue weighted by molar-refractivity contribution is 9.08. The molecular formula is C6H9BrN2O3S. The predicted molar refractivity (Wildman–Crippen MR) is 50.2 cm³/mol. The number of halogens is 1. The van der Waals surface area contributed by atoms with Gasteiger partial charge in [0.05, 0.1) is 5.33 Å². The maximum absolute atomic E-state index is 11.1. The van der Waals surface area contributed by atoms with Crippen LogP contribution in [0.4, 0.5) is 0 Å². The Kier molecular flexibility index (Phi) is 3.07. The highest BCUT2D eigenvalue weighted by atomic mass is 79.9. The largest absolute Gasteiger partial charge is 0.338 e. The van der Waals surface area contributed by atoms with Crippen LogP contribution in [0.2, 0.25) is 0 Å². The van der Waals surface area contributed by atoms with Crippen molar-refractivity contribution in [3.63, 3.8) is 0 Å². The summed E-state index contributed by atoms with van der Waals surface area (Å²) in [6, 6.07) is 0. The molecule has 1 aromatic rings. The first-order chi connectivity index (χ1) is 5.95. The van der Waals surface area contributed by atoms with Gasteiger partial charge in [0.15, 0.2) is 15.7 Å². The molecule has 0 aromatic carbocycles. The van der Waals surface area contributed by atoms with Crippen molar-refractivity contribution in [3.8, 4) is 0 Å². The van der Waals surface area contributed by atoms with Crippen molar-refractivity contribution in [1.29, 1.82) is 0 Å². The Morgan fingerprint density at radius 3 is 2.62 bits per heavy atom. The monoisotopic (exact) mass is 268 g/mol. The van der Waals surface area contributed by atoms with Gasteiger partial charge in [-0.1, -0.05) is 21.1 Å².